The van der Waals surface area contributed by atoms with Gasteiger partial charge in [0.05, 0.1) is 34.4 Å². The van der Waals surface area contributed by atoms with Gasteiger partial charge < -0.3 is 28.5 Å². The van der Waals surface area contributed by atoms with Crippen LogP contribution in [0.25, 0.3) is 0 Å². The smallest absolute Gasteiger partial charge is 0.361 e. The second kappa shape index (κ2) is 55.0. The van der Waals surface area contributed by atoms with E-state index in [9.17, 15) is 19.5 Å². The third-order valence-corrected chi connectivity index (χ3v) is 13.0. The van der Waals surface area contributed by atoms with Gasteiger partial charge in [0.15, 0.2) is 6.10 Å². The topological polar surface area (TPSA) is 108 Å². The van der Waals surface area contributed by atoms with Crippen LogP contribution >= 0.6 is 0 Å². The maximum absolute atomic E-state index is 12.9. The molecule has 0 amide bonds. The summed E-state index contributed by atoms with van der Waals surface area (Å²) < 4.78 is 22.9. The Kier molecular flexibility index (Phi) is 52.5. The van der Waals surface area contributed by atoms with Crippen LogP contribution in [0.1, 0.15) is 258 Å². The Balaban J connectivity index is 4.18. The summed E-state index contributed by atoms with van der Waals surface area (Å²) in [6.45, 7) is 4.79. The van der Waals surface area contributed by atoms with E-state index in [1.165, 1.54) is 148 Å². The third-order valence-electron chi connectivity index (χ3n) is 13.0. The minimum Gasteiger partial charge on any atom is -0.477 e. The van der Waals surface area contributed by atoms with E-state index in [1.54, 1.807) is 0 Å². The first-order valence-electron chi connectivity index (χ1n) is 30.1. The highest BCUT2D eigenvalue weighted by molar-refractivity contribution is 5.71. The molecule has 422 valence electrons. The molecule has 0 fully saturated rings. The van der Waals surface area contributed by atoms with Crippen LogP contribution in [0.5, 0.6) is 0 Å². The number of quaternary nitrogens is 1. The molecule has 73 heavy (non-hydrogen) atoms. The summed E-state index contributed by atoms with van der Waals surface area (Å²) in [6.07, 6.45) is 68.4. The summed E-state index contributed by atoms with van der Waals surface area (Å²) in [7, 11) is 5.97. The first-order chi connectivity index (χ1) is 35.6. The number of hydrogen-bond donors (Lipinski definition) is 1. The second-order valence-corrected chi connectivity index (χ2v) is 21.3. The number of esters is 2. The van der Waals surface area contributed by atoms with E-state index >= 15 is 0 Å². The van der Waals surface area contributed by atoms with Crippen molar-refractivity contribution in [2.24, 2.45) is 0 Å². The first kappa shape index (κ1) is 69.7. The van der Waals surface area contributed by atoms with Crippen molar-refractivity contribution in [3.05, 3.63) is 72.9 Å². The number of ether oxygens (including phenoxy) is 4. The van der Waals surface area contributed by atoms with Gasteiger partial charge in [-0.3, -0.25) is 9.59 Å². The molecular weight excluding hydrogens is 911 g/mol. The van der Waals surface area contributed by atoms with Gasteiger partial charge >= 0.3 is 17.9 Å². The summed E-state index contributed by atoms with van der Waals surface area (Å²) >= 11 is 0. The number of carbonyl (C=O) groups is 3. The minimum atomic E-state index is -1.51. The summed E-state index contributed by atoms with van der Waals surface area (Å²) in [5.74, 6) is -2.00. The standard InChI is InChI=1S/C64H113NO8/c1-6-8-10-12-14-16-18-20-22-24-25-26-27-28-29-30-31-32-33-34-35-36-37-39-41-43-45-47-49-51-53-55-62(67)73-60(59-72-64(63(68)69)70-57-56-65(3,4)5)58-71-61(66)54-52-50-48-46-44-42-40-38-23-21-19-17-15-13-11-9-7-2/h8,10,14,16,20,22,25-26,28-29,31-32,60,64H,6-7,9,11-13,15,17-19,21,23-24,27,30,33-59H2,1-5H3/p+1/b10-8-,16-14-,22-20-,26-25-,29-28-,32-31-. The summed E-state index contributed by atoms with van der Waals surface area (Å²) in [4.78, 5) is 37.4. The number of nitrogens with zero attached hydrogens (tertiary/aromatic N) is 1. The molecule has 0 spiro atoms. The van der Waals surface area contributed by atoms with Crippen molar-refractivity contribution in [1.29, 1.82) is 0 Å². The lowest BCUT2D eigenvalue weighted by Gasteiger charge is -2.25. The van der Waals surface area contributed by atoms with E-state index in [1.807, 2.05) is 21.1 Å². The molecule has 1 N–H and O–H groups in total. The largest absolute Gasteiger partial charge is 0.477 e. The fourth-order valence-electron chi connectivity index (χ4n) is 8.37. The zero-order valence-electron chi connectivity index (χ0n) is 48.0. The van der Waals surface area contributed by atoms with Crippen molar-refractivity contribution in [3.63, 3.8) is 0 Å². The quantitative estimate of drug-likeness (QED) is 0.0211. The summed E-state index contributed by atoms with van der Waals surface area (Å²) in [5, 5.41) is 9.71. The van der Waals surface area contributed by atoms with Gasteiger partial charge in [-0.05, 0) is 64.2 Å². The van der Waals surface area contributed by atoms with Gasteiger partial charge in [0.1, 0.15) is 13.2 Å². The number of aliphatic carboxylic acids is 1. The number of likely N-dealkylation sites (N-methyl/N-ethyl adjacent to an activating group) is 1. The van der Waals surface area contributed by atoms with Crippen molar-refractivity contribution >= 4 is 17.9 Å². The van der Waals surface area contributed by atoms with Gasteiger partial charge in [0.25, 0.3) is 6.29 Å². The Bertz CT molecular complexity index is 1420. The monoisotopic (exact) mass is 1020 g/mol. The number of carboxylic acids is 1. The third kappa shape index (κ3) is 56.3. The predicted molar refractivity (Wildman–Crippen MR) is 309 cm³/mol. The Morgan fingerprint density at radius 3 is 1.16 bits per heavy atom. The van der Waals surface area contributed by atoms with Gasteiger partial charge in [0.2, 0.25) is 0 Å². The van der Waals surface area contributed by atoms with Crippen LogP contribution in [0.2, 0.25) is 0 Å². The number of rotatable bonds is 55. The van der Waals surface area contributed by atoms with Crippen LogP contribution in [0.4, 0.5) is 0 Å². The molecule has 9 nitrogen and oxygen atoms in total. The van der Waals surface area contributed by atoms with Crippen molar-refractivity contribution in [1.82, 2.24) is 0 Å². The van der Waals surface area contributed by atoms with Crippen molar-refractivity contribution in [3.8, 4) is 0 Å². The normalized spacial score (nSPS) is 13.3. The first-order valence-corrected chi connectivity index (χ1v) is 30.1. The highest BCUT2D eigenvalue weighted by Gasteiger charge is 2.25. The second-order valence-electron chi connectivity index (χ2n) is 21.3. The molecule has 0 saturated heterocycles. The Labute approximate surface area is 449 Å². The molecule has 2 atom stereocenters. The average molecular weight is 1030 g/mol. The van der Waals surface area contributed by atoms with E-state index in [0.717, 1.165) is 83.5 Å². The molecular formula is C64H114NO8+. The average Bonchev–Trinajstić information content (AvgIpc) is 3.36. The Morgan fingerprint density at radius 1 is 0.425 bits per heavy atom. The van der Waals surface area contributed by atoms with E-state index < -0.39 is 24.3 Å². The van der Waals surface area contributed by atoms with Gasteiger partial charge in [-0.1, -0.05) is 254 Å². The molecule has 0 aromatic carbocycles. The van der Waals surface area contributed by atoms with Crippen LogP contribution in [0.15, 0.2) is 72.9 Å². The highest BCUT2D eigenvalue weighted by Crippen LogP contribution is 2.17. The van der Waals surface area contributed by atoms with Gasteiger partial charge in [-0.25, -0.2) is 4.79 Å². The lowest BCUT2D eigenvalue weighted by atomic mass is 10.0. The van der Waals surface area contributed by atoms with Crippen molar-refractivity contribution in [2.75, 3.05) is 47.5 Å². The van der Waals surface area contributed by atoms with E-state index in [4.69, 9.17) is 18.9 Å². The zero-order valence-corrected chi connectivity index (χ0v) is 48.0. The van der Waals surface area contributed by atoms with Crippen molar-refractivity contribution < 1.29 is 42.9 Å². The lowest BCUT2D eigenvalue weighted by molar-refractivity contribution is -0.870. The molecule has 0 rings (SSSR count). The van der Waals surface area contributed by atoms with Crippen LogP contribution in [0, 0.1) is 0 Å². The molecule has 0 radical (unpaired) electrons. The molecule has 9 heteroatoms. The Hall–Kier alpha value is -3.27. The molecule has 0 aromatic heterocycles. The van der Waals surface area contributed by atoms with Crippen LogP contribution in [-0.4, -0.2) is 87.4 Å². The lowest BCUT2D eigenvalue weighted by Crippen LogP contribution is -2.40. The number of carbonyl (C=O) groups excluding carboxylic acids is 2. The van der Waals surface area contributed by atoms with Gasteiger partial charge in [-0.15, -0.1) is 0 Å². The molecule has 0 aliphatic carbocycles. The van der Waals surface area contributed by atoms with Crippen LogP contribution in [0.3, 0.4) is 0 Å². The number of allylic oxidation sites excluding steroid dienone is 12. The highest BCUT2D eigenvalue weighted by atomic mass is 16.7. The SMILES string of the molecule is CC/C=C\C/C=C\C/C=C\C/C=C\C/C=C\C/C=C\CCCCCCCCCCCCCCC(=O)OC(COC(=O)CCCCCCCCCCCCCCCCCCC)COC(OCC[N+](C)(C)C)C(=O)O. The van der Waals surface area contributed by atoms with E-state index in [0.29, 0.717) is 17.4 Å². The number of carboxylic acid groups (broad SMARTS) is 1. The predicted octanol–water partition coefficient (Wildman–Crippen LogP) is 17.8. The maximum atomic E-state index is 12.9. The Morgan fingerprint density at radius 2 is 0.781 bits per heavy atom. The van der Waals surface area contributed by atoms with Crippen LogP contribution < -0.4 is 0 Å². The molecule has 0 aromatic rings. The molecule has 0 bridgehead atoms. The molecule has 0 aliphatic heterocycles. The van der Waals surface area contributed by atoms with Crippen LogP contribution in [-0.2, 0) is 33.3 Å². The summed E-state index contributed by atoms with van der Waals surface area (Å²) in [6, 6.07) is 0. The fraction of sp³-hybridized carbons (Fsp3) is 0.766. The minimum absolute atomic E-state index is 0.181. The summed E-state index contributed by atoms with van der Waals surface area (Å²) in [5.41, 5.74) is 0. The van der Waals surface area contributed by atoms with E-state index in [-0.39, 0.29) is 32.2 Å². The number of unbranched alkanes of at least 4 members (excludes halogenated alkanes) is 28. The molecule has 2 unspecified atom stereocenters. The van der Waals surface area contributed by atoms with Gasteiger partial charge in [0, 0.05) is 12.8 Å². The van der Waals surface area contributed by atoms with Gasteiger partial charge in [-0.2, -0.15) is 0 Å². The van der Waals surface area contributed by atoms with E-state index in [2.05, 4.69) is 86.8 Å². The van der Waals surface area contributed by atoms with Crippen molar-refractivity contribution in [2.45, 2.75) is 270 Å². The fourth-order valence-corrected chi connectivity index (χ4v) is 8.37. The molecule has 0 heterocycles. The zero-order chi connectivity index (χ0) is 53.4. The number of hydrogen-bond acceptors (Lipinski definition) is 7. The molecule has 0 saturated carbocycles. The maximum Gasteiger partial charge on any atom is 0.361 e. The molecule has 0 aliphatic rings.